The van der Waals surface area contributed by atoms with E-state index in [-0.39, 0.29) is 0 Å². The molecule has 2 rings (SSSR count). The van der Waals surface area contributed by atoms with Gasteiger partial charge in [0.1, 0.15) is 5.75 Å². The Labute approximate surface area is 117 Å². The summed E-state index contributed by atoms with van der Waals surface area (Å²) >= 11 is 7.56. The van der Waals surface area contributed by atoms with Gasteiger partial charge in [-0.1, -0.05) is 23.7 Å². The van der Waals surface area contributed by atoms with Gasteiger partial charge in [0.15, 0.2) is 0 Å². The van der Waals surface area contributed by atoms with Crippen molar-refractivity contribution < 1.29 is 4.74 Å². The van der Waals surface area contributed by atoms with E-state index < -0.39 is 0 Å². The molecular weight excluding hydrogens is 266 g/mol. The smallest absolute Gasteiger partial charge is 0.118 e. The maximum absolute atomic E-state index is 5.87. The molecule has 96 valence electrons. The summed E-state index contributed by atoms with van der Waals surface area (Å²) in [5, 5.41) is 6.20. The van der Waals surface area contributed by atoms with E-state index in [0.717, 1.165) is 30.3 Å². The monoisotopic (exact) mass is 281 g/mol. The number of hydrogen-bond donors (Lipinski definition) is 1. The lowest BCUT2D eigenvalue weighted by Crippen LogP contribution is -2.15. The second-order valence-corrected chi connectivity index (χ2v) is 5.44. The fourth-order valence-corrected chi connectivity index (χ4v) is 2.73. The maximum Gasteiger partial charge on any atom is 0.118 e. The fraction of sp³-hybridized carbons (Fsp3) is 0.286. The van der Waals surface area contributed by atoms with E-state index >= 15 is 0 Å². The summed E-state index contributed by atoms with van der Waals surface area (Å²) in [6, 6.07) is 10.2. The third-order valence-corrected chi connectivity index (χ3v) is 3.95. The third-order valence-electron chi connectivity index (χ3n) is 2.67. The van der Waals surface area contributed by atoms with Crippen molar-refractivity contribution in [3.8, 4) is 5.75 Å². The number of methoxy groups -OCH3 is 1. The number of ether oxygens (including phenoxy) is 1. The Kier molecular flexibility index (Phi) is 5.05. The largest absolute Gasteiger partial charge is 0.497 e. The average molecular weight is 282 g/mol. The third kappa shape index (κ3) is 4.02. The number of nitrogens with one attached hydrogen (secondary N) is 1. The summed E-state index contributed by atoms with van der Waals surface area (Å²) in [5.74, 6) is 0.903. The van der Waals surface area contributed by atoms with Gasteiger partial charge in [0.25, 0.3) is 0 Å². The highest BCUT2D eigenvalue weighted by molar-refractivity contribution is 7.10. The predicted octanol–water partition coefficient (Wildman–Crippen LogP) is 3.74. The molecule has 1 heterocycles. The Hall–Kier alpha value is -1.03. The van der Waals surface area contributed by atoms with Gasteiger partial charge in [0, 0.05) is 16.8 Å². The molecule has 4 heteroatoms. The molecule has 1 aromatic heterocycles. The van der Waals surface area contributed by atoms with Gasteiger partial charge in [-0.25, -0.2) is 0 Å². The van der Waals surface area contributed by atoms with Gasteiger partial charge in [0.2, 0.25) is 0 Å². The summed E-state index contributed by atoms with van der Waals surface area (Å²) in [4.78, 5) is 1.27. The fourth-order valence-electron chi connectivity index (χ4n) is 1.68. The summed E-state index contributed by atoms with van der Waals surface area (Å²) in [6.07, 6.45) is 1.02. The van der Waals surface area contributed by atoms with Gasteiger partial charge in [-0.05, 0) is 36.7 Å². The van der Waals surface area contributed by atoms with Crippen LogP contribution in [0.5, 0.6) is 5.75 Å². The minimum absolute atomic E-state index is 0.826. The molecule has 0 unspecified atom stereocenters. The zero-order chi connectivity index (χ0) is 12.8. The number of halogens is 1. The van der Waals surface area contributed by atoms with Gasteiger partial charge in [-0.2, -0.15) is 0 Å². The van der Waals surface area contributed by atoms with Crippen molar-refractivity contribution in [2.24, 2.45) is 0 Å². The molecule has 0 saturated heterocycles. The van der Waals surface area contributed by atoms with E-state index in [4.69, 9.17) is 16.3 Å². The molecule has 0 aliphatic carbocycles. The van der Waals surface area contributed by atoms with Crippen LogP contribution in [-0.4, -0.2) is 13.7 Å². The van der Waals surface area contributed by atoms with Crippen molar-refractivity contribution in [2.45, 2.75) is 13.0 Å². The van der Waals surface area contributed by atoms with Gasteiger partial charge >= 0.3 is 0 Å². The summed E-state index contributed by atoms with van der Waals surface area (Å²) in [5.41, 5.74) is 1.31. The number of benzene rings is 1. The van der Waals surface area contributed by atoms with Crippen LogP contribution in [0.4, 0.5) is 0 Å². The Balaban J connectivity index is 1.71. The molecule has 0 spiro atoms. The Morgan fingerprint density at radius 3 is 2.67 bits per heavy atom. The van der Waals surface area contributed by atoms with Gasteiger partial charge in [-0.15, -0.1) is 11.3 Å². The van der Waals surface area contributed by atoms with Crippen LogP contribution < -0.4 is 10.1 Å². The van der Waals surface area contributed by atoms with E-state index in [2.05, 4.69) is 17.4 Å². The van der Waals surface area contributed by atoms with Crippen molar-refractivity contribution >= 4 is 22.9 Å². The van der Waals surface area contributed by atoms with E-state index in [1.165, 1.54) is 10.4 Å². The number of hydrogen-bond acceptors (Lipinski definition) is 3. The lowest BCUT2D eigenvalue weighted by atomic mass is 10.1. The quantitative estimate of drug-likeness (QED) is 0.815. The first-order valence-corrected chi connectivity index (χ1v) is 7.10. The maximum atomic E-state index is 5.87. The van der Waals surface area contributed by atoms with Crippen LogP contribution in [0.2, 0.25) is 5.02 Å². The molecule has 0 amide bonds. The highest BCUT2D eigenvalue weighted by Crippen LogP contribution is 2.18. The topological polar surface area (TPSA) is 21.3 Å². The first kappa shape index (κ1) is 13.4. The molecular formula is C14H16ClNOS. The molecule has 18 heavy (non-hydrogen) atoms. The second-order valence-electron chi connectivity index (χ2n) is 4.01. The van der Waals surface area contributed by atoms with E-state index in [1.807, 2.05) is 23.6 Å². The second kappa shape index (κ2) is 6.78. The zero-order valence-electron chi connectivity index (χ0n) is 10.3. The van der Waals surface area contributed by atoms with Crippen LogP contribution in [0, 0.1) is 0 Å². The first-order valence-electron chi connectivity index (χ1n) is 5.84. The molecule has 0 bridgehead atoms. The Morgan fingerprint density at radius 1 is 1.28 bits per heavy atom. The van der Waals surface area contributed by atoms with E-state index in [1.54, 1.807) is 18.4 Å². The highest BCUT2D eigenvalue weighted by atomic mass is 35.5. The summed E-state index contributed by atoms with van der Waals surface area (Å²) in [6.45, 7) is 1.84. The first-order chi connectivity index (χ1) is 8.78. The molecule has 0 fully saturated rings. The molecule has 0 saturated carbocycles. The zero-order valence-corrected chi connectivity index (χ0v) is 11.9. The summed E-state index contributed by atoms with van der Waals surface area (Å²) in [7, 11) is 1.68. The van der Waals surface area contributed by atoms with Crippen LogP contribution in [0.1, 0.15) is 10.4 Å². The molecule has 0 radical (unpaired) electrons. The van der Waals surface area contributed by atoms with Crippen molar-refractivity contribution in [1.29, 1.82) is 0 Å². The van der Waals surface area contributed by atoms with Gasteiger partial charge in [-0.3, -0.25) is 0 Å². The van der Waals surface area contributed by atoms with E-state index in [0.29, 0.717) is 0 Å². The van der Waals surface area contributed by atoms with Crippen LogP contribution in [-0.2, 0) is 13.0 Å². The molecule has 0 atom stereocenters. The van der Waals surface area contributed by atoms with Crippen molar-refractivity contribution in [3.05, 3.63) is 51.2 Å². The van der Waals surface area contributed by atoms with Gasteiger partial charge < -0.3 is 10.1 Å². The van der Waals surface area contributed by atoms with Crippen LogP contribution in [0.15, 0.2) is 35.7 Å². The molecule has 2 nitrogen and oxygen atoms in total. The van der Waals surface area contributed by atoms with Crippen molar-refractivity contribution in [1.82, 2.24) is 5.32 Å². The molecule has 0 aliphatic heterocycles. The normalized spacial score (nSPS) is 10.6. The van der Waals surface area contributed by atoms with Crippen LogP contribution in [0.3, 0.4) is 0 Å². The molecule has 1 N–H and O–H groups in total. The van der Waals surface area contributed by atoms with Crippen LogP contribution >= 0.6 is 22.9 Å². The lowest BCUT2D eigenvalue weighted by Gasteiger charge is -2.04. The highest BCUT2D eigenvalue weighted by Gasteiger charge is 1.98. The van der Waals surface area contributed by atoms with Crippen LogP contribution in [0.25, 0.3) is 0 Å². The number of rotatable bonds is 6. The van der Waals surface area contributed by atoms with Crippen molar-refractivity contribution in [3.63, 3.8) is 0 Å². The minimum Gasteiger partial charge on any atom is -0.497 e. The molecule has 0 aliphatic rings. The van der Waals surface area contributed by atoms with E-state index in [9.17, 15) is 0 Å². The SMILES string of the molecule is COc1ccc(CCNCc2cc(Cl)cs2)cc1. The lowest BCUT2D eigenvalue weighted by molar-refractivity contribution is 0.414. The molecule has 2 aromatic rings. The Bertz CT molecular complexity index is 481. The van der Waals surface area contributed by atoms with Gasteiger partial charge in [0.05, 0.1) is 12.1 Å². The van der Waals surface area contributed by atoms with Crippen molar-refractivity contribution in [2.75, 3.05) is 13.7 Å². The minimum atomic E-state index is 0.826. The number of thiophene rings is 1. The summed E-state index contributed by atoms with van der Waals surface area (Å²) < 4.78 is 5.13. The average Bonchev–Trinajstić information content (AvgIpc) is 2.81. The standard InChI is InChI=1S/C14H16ClNOS/c1-17-13-4-2-11(3-5-13)6-7-16-9-14-8-12(15)10-18-14/h2-5,8,10,16H,6-7,9H2,1H3. The molecule has 1 aromatic carbocycles. The predicted molar refractivity (Wildman–Crippen MR) is 77.7 cm³/mol. The Morgan fingerprint density at radius 2 is 2.06 bits per heavy atom.